The van der Waals surface area contributed by atoms with Crippen molar-refractivity contribution in [2.24, 2.45) is 7.05 Å². The van der Waals surface area contributed by atoms with Crippen LogP contribution >= 0.6 is 0 Å². The predicted molar refractivity (Wildman–Crippen MR) is 101 cm³/mol. The Morgan fingerprint density at radius 3 is 2.74 bits per heavy atom. The molecule has 0 spiro atoms. The maximum absolute atomic E-state index is 11.7. The minimum absolute atomic E-state index is 0.0861. The normalized spacial score (nSPS) is 15.6. The van der Waals surface area contributed by atoms with Crippen LogP contribution in [0.4, 0.5) is 5.82 Å². The Morgan fingerprint density at radius 1 is 1.26 bits per heavy atom. The van der Waals surface area contributed by atoms with Crippen molar-refractivity contribution in [2.75, 3.05) is 25.1 Å². The monoisotopic (exact) mass is 369 g/mol. The first-order valence-electron chi connectivity index (χ1n) is 9.05. The van der Waals surface area contributed by atoms with Gasteiger partial charge in [-0.2, -0.15) is 5.10 Å². The molecular weight excluding hydrogens is 346 g/mol. The van der Waals surface area contributed by atoms with E-state index in [9.17, 15) is 4.79 Å². The fraction of sp³-hybridized carbons (Fsp3) is 0.500. The quantitative estimate of drug-likeness (QED) is 0.739. The van der Waals surface area contributed by atoms with E-state index in [1.54, 1.807) is 17.9 Å². The second kappa shape index (κ2) is 7.07. The lowest BCUT2D eigenvalue weighted by Crippen LogP contribution is -2.34. The Balaban J connectivity index is 1.60. The third-order valence-electron chi connectivity index (χ3n) is 4.98. The molecule has 0 radical (unpaired) electrons. The van der Waals surface area contributed by atoms with E-state index in [-0.39, 0.29) is 11.5 Å². The van der Waals surface area contributed by atoms with E-state index < -0.39 is 0 Å². The number of hydrogen-bond acceptors (Lipinski definition) is 7. The van der Waals surface area contributed by atoms with Gasteiger partial charge in [0.25, 0.3) is 5.56 Å². The number of anilines is 1. The zero-order valence-corrected chi connectivity index (χ0v) is 15.8. The Morgan fingerprint density at radius 2 is 2.04 bits per heavy atom. The third kappa shape index (κ3) is 3.42. The van der Waals surface area contributed by atoms with Gasteiger partial charge in [-0.15, -0.1) is 0 Å². The van der Waals surface area contributed by atoms with Gasteiger partial charge in [-0.3, -0.25) is 9.48 Å². The summed E-state index contributed by atoms with van der Waals surface area (Å²) in [5.74, 6) is 2.50. The second-order valence-corrected chi connectivity index (χ2v) is 6.92. The Bertz CT molecular complexity index is 1020. The topological polar surface area (TPSA) is 102 Å². The fourth-order valence-electron chi connectivity index (χ4n) is 3.68. The summed E-state index contributed by atoms with van der Waals surface area (Å²) in [7, 11) is 3.52. The third-order valence-corrected chi connectivity index (χ3v) is 4.98. The van der Waals surface area contributed by atoms with Gasteiger partial charge in [0, 0.05) is 39.2 Å². The summed E-state index contributed by atoms with van der Waals surface area (Å²) >= 11 is 0. The van der Waals surface area contributed by atoms with Gasteiger partial charge in [0.05, 0.1) is 17.3 Å². The highest BCUT2D eigenvalue weighted by Gasteiger charge is 2.25. The number of H-pyrrole nitrogens is 1. The van der Waals surface area contributed by atoms with Crippen LogP contribution in [0.2, 0.25) is 0 Å². The average Bonchev–Trinajstić information content (AvgIpc) is 3.02. The molecule has 0 aliphatic carbocycles. The van der Waals surface area contributed by atoms with Crippen LogP contribution in [0.5, 0.6) is 0 Å². The zero-order chi connectivity index (χ0) is 19.0. The molecule has 3 aromatic heterocycles. The van der Waals surface area contributed by atoms with Crippen molar-refractivity contribution in [3.05, 3.63) is 40.0 Å². The maximum atomic E-state index is 11.7. The van der Waals surface area contributed by atoms with Crippen LogP contribution in [0.1, 0.15) is 36.1 Å². The number of rotatable bonds is 4. The first-order chi connectivity index (χ1) is 13.0. The fourth-order valence-corrected chi connectivity index (χ4v) is 3.68. The zero-order valence-electron chi connectivity index (χ0n) is 15.8. The molecular formula is C18H23N7O2. The van der Waals surface area contributed by atoms with Crippen LogP contribution < -0.4 is 10.5 Å². The summed E-state index contributed by atoms with van der Waals surface area (Å²) in [5, 5.41) is 5.28. The minimum Gasteiger partial charge on any atom is -0.377 e. The van der Waals surface area contributed by atoms with Gasteiger partial charge >= 0.3 is 0 Å². The maximum Gasteiger partial charge on any atom is 0.251 e. The van der Waals surface area contributed by atoms with Gasteiger partial charge in [0.15, 0.2) is 11.5 Å². The molecule has 9 nitrogen and oxygen atoms in total. The van der Waals surface area contributed by atoms with Crippen LogP contribution in [0, 0.1) is 6.92 Å². The molecule has 0 aromatic carbocycles. The Kier molecular flexibility index (Phi) is 4.61. The summed E-state index contributed by atoms with van der Waals surface area (Å²) < 4.78 is 6.98. The number of hydrogen-bond donors (Lipinski definition) is 1. The van der Waals surface area contributed by atoms with Gasteiger partial charge in [-0.1, -0.05) is 0 Å². The van der Waals surface area contributed by atoms with Gasteiger partial charge in [0.2, 0.25) is 0 Å². The number of ether oxygens (including phenoxy) is 1. The number of fused-ring (bicyclic) bond motifs is 1. The van der Waals surface area contributed by atoms with Crippen molar-refractivity contribution in [1.82, 2.24) is 29.7 Å². The summed E-state index contributed by atoms with van der Waals surface area (Å²) in [6, 6.07) is 1.62. The molecule has 0 amide bonds. The summed E-state index contributed by atoms with van der Waals surface area (Å²) in [6.07, 6.45) is 3.65. The molecule has 1 aliphatic heterocycles. The number of aromatic amines is 1. The molecule has 0 saturated carbocycles. The van der Waals surface area contributed by atoms with Gasteiger partial charge in [-0.05, 0) is 19.8 Å². The average molecular weight is 369 g/mol. The molecule has 1 N–H and O–H groups in total. The molecule has 4 rings (SSSR count). The summed E-state index contributed by atoms with van der Waals surface area (Å²) in [4.78, 5) is 30.5. The minimum atomic E-state index is -0.0861. The predicted octanol–water partition coefficient (Wildman–Crippen LogP) is 1.29. The molecule has 0 bridgehead atoms. The van der Waals surface area contributed by atoms with E-state index in [0.717, 1.165) is 48.5 Å². The van der Waals surface area contributed by atoms with Gasteiger partial charge in [-0.25, -0.2) is 15.0 Å². The molecule has 1 aliphatic rings. The smallest absolute Gasteiger partial charge is 0.251 e. The molecule has 1 saturated heterocycles. The standard InChI is InChI=1S/C18H23N7O2/c1-11-20-14(8-16(26)21-11)12-4-6-25(7-5-12)18-13-9-19-24(2)17(13)22-15(23-18)10-27-3/h8-9,12H,4-7,10H2,1-3H3,(H,20,21,26). The Hall–Kier alpha value is -2.81. The SMILES string of the molecule is COCc1nc(N2CCC(c3cc(=O)[nH]c(C)n3)CC2)c2cnn(C)c2n1. The highest BCUT2D eigenvalue weighted by atomic mass is 16.5. The van der Waals surface area contributed by atoms with Crippen molar-refractivity contribution in [3.63, 3.8) is 0 Å². The Labute approximate surface area is 156 Å². The van der Waals surface area contributed by atoms with E-state index >= 15 is 0 Å². The van der Waals surface area contributed by atoms with Crippen molar-refractivity contribution < 1.29 is 4.74 Å². The molecule has 1 fully saturated rings. The van der Waals surface area contributed by atoms with E-state index in [2.05, 4.69) is 25.0 Å². The number of methoxy groups -OCH3 is 1. The lowest BCUT2D eigenvalue weighted by Gasteiger charge is -2.33. The van der Waals surface area contributed by atoms with E-state index in [1.807, 2.05) is 20.2 Å². The van der Waals surface area contributed by atoms with Crippen molar-refractivity contribution in [3.8, 4) is 0 Å². The van der Waals surface area contributed by atoms with E-state index in [4.69, 9.17) is 9.72 Å². The molecule has 9 heteroatoms. The highest BCUT2D eigenvalue weighted by Crippen LogP contribution is 2.31. The van der Waals surface area contributed by atoms with Crippen LogP contribution in [-0.4, -0.2) is 49.9 Å². The van der Waals surface area contributed by atoms with Gasteiger partial charge in [0.1, 0.15) is 18.2 Å². The number of nitrogens with zero attached hydrogens (tertiary/aromatic N) is 6. The molecule has 4 heterocycles. The van der Waals surface area contributed by atoms with E-state index in [1.165, 1.54) is 0 Å². The number of piperidine rings is 1. The van der Waals surface area contributed by atoms with Crippen LogP contribution in [0.15, 0.2) is 17.1 Å². The van der Waals surface area contributed by atoms with Crippen molar-refractivity contribution >= 4 is 16.9 Å². The first-order valence-corrected chi connectivity index (χ1v) is 9.05. The molecule has 0 unspecified atom stereocenters. The number of nitrogens with one attached hydrogen (secondary N) is 1. The molecule has 27 heavy (non-hydrogen) atoms. The lowest BCUT2D eigenvalue weighted by molar-refractivity contribution is 0.178. The van der Waals surface area contributed by atoms with Crippen molar-refractivity contribution in [2.45, 2.75) is 32.3 Å². The van der Waals surface area contributed by atoms with E-state index in [0.29, 0.717) is 18.3 Å². The number of aromatic nitrogens is 6. The molecule has 3 aromatic rings. The highest BCUT2D eigenvalue weighted by molar-refractivity contribution is 5.87. The summed E-state index contributed by atoms with van der Waals surface area (Å²) in [5.41, 5.74) is 1.60. The second-order valence-electron chi connectivity index (χ2n) is 6.92. The first kappa shape index (κ1) is 17.6. The van der Waals surface area contributed by atoms with Crippen LogP contribution in [0.25, 0.3) is 11.0 Å². The van der Waals surface area contributed by atoms with Crippen molar-refractivity contribution in [1.29, 1.82) is 0 Å². The summed E-state index contributed by atoms with van der Waals surface area (Å²) in [6.45, 7) is 3.86. The number of aryl methyl sites for hydroxylation is 2. The van der Waals surface area contributed by atoms with Crippen LogP contribution in [0.3, 0.4) is 0 Å². The van der Waals surface area contributed by atoms with Gasteiger partial charge < -0.3 is 14.6 Å². The largest absolute Gasteiger partial charge is 0.377 e. The van der Waals surface area contributed by atoms with Crippen LogP contribution in [-0.2, 0) is 18.4 Å². The molecule has 0 atom stereocenters. The molecule has 142 valence electrons. The lowest BCUT2D eigenvalue weighted by atomic mass is 9.93.